The van der Waals surface area contributed by atoms with Crippen LogP contribution in [0.25, 0.3) is 0 Å². The van der Waals surface area contributed by atoms with E-state index in [9.17, 15) is 4.79 Å². The molecule has 0 aliphatic heterocycles. The first-order chi connectivity index (χ1) is 10.6. The van der Waals surface area contributed by atoms with Crippen LogP contribution in [0, 0.1) is 0 Å². The van der Waals surface area contributed by atoms with Crippen molar-refractivity contribution in [2.24, 2.45) is 0 Å². The summed E-state index contributed by atoms with van der Waals surface area (Å²) in [4.78, 5) is 20.6. The number of carbonyl (C=O) groups is 1. The van der Waals surface area contributed by atoms with Crippen LogP contribution >= 0.6 is 0 Å². The Bertz CT molecular complexity index is 642. The van der Waals surface area contributed by atoms with E-state index in [1.807, 2.05) is 32.0 Å². The summed E-state index contributed by atoms with van der Waals surface area (Å²) in [6.45, 7) is 6.09. The number of anilines is 2. The minimum Gasteiger partial charge on any atom is -0.348 e. The Morgan fingerprint density at radius 2 is 2.00 bits per heavy atom. The third-order valence-electron chi connectivity index (χ3n) is 3.52. The molecule has 0 saturated carbocycles. The van der Waals surface area contributed by atoms with E-state index in [1.54, 1.807) is 12.3 Å². The molecule has 1 amide bonds. The van der Waals surface area contributed by atoms with Crippen molar-refractivity contribution in [2.45, 2.75) is 39.7 Å². The lowest BCUT2D eigenvalue weighted by Crippen LogP contribution is -2.32. The number of aryl methyl sites for hydroxylation is 1. The van der Waals surface area contributed by atoms with Gasteiger partial charge in [-0.15, -0.1) is 0 Å². The van der Waals surface area contributed by atoms with Crippen LogP contribution < -0.4 is 10.6 Å². The Hall–Kier alpha value is -2.43. The zero-order valence-corrected chi connectivity index (χ0v) is 13.3. The molecule has 1 unspecified atom stereocenters. The van der Waals surface area contributed by atoms with Crippen LogP contribution in [0.5, 0.6) is 0 Å². The van der Waals surface area contributed by atoms with Gasteiger partial charge in [-0.05, 0) is 37.5 Å². The molecule has 5 nitrogen and oxygen atoms in total. The quantitative estimate of drug-likeness (QED) is 0.858. The summed E-state index contributed by atoms with van der Waals surface area (Å²) in [6, 6.07) is 9.74. The van der Waals surface area contributed by atoms with Crippen LogP contribution in [0.15, 0.2) is 36.5 Å². The predicted octanol–water partition coefficient (Wildman–Crippen LogP) is 3.31. The second-order valence-corrected chi connectivity index (χ2v) is 5.18. The van der Waals surface area contributed by atoms with Crippen molar-refractivity contribution in [2.75, 3.05) is 5.32 Å². The number of aromatic nitrogens is 2. The Balaban J connectivity index is 2.16. The molecular formula is C17H22N4O. The summed E-state index contributed by atoms with van der Waals surface area (Å²) in [5.41, 5.74) is 2.51. The summed E-state index contributed by atoms with van der Waals surface area (Å²) in [6.07, 6.45) is 3.39. The predicted molar refractivity (Wildman–Crippen MR) is 88.4 cm³/mol. The second kappa shape index (κ2) is 7.54. The fourth-order valence-electron chi connectivity index (χ4n) is 2.02. The van der Waals surface area contributed by atoms with Gasteiger partial charge in [0.1, 0.15) is 5.69 Å². The monoisotopic (exact) mass is 298 g/mol. The smallest absolute Gasteiger partial charge is 0.270 e. The summed E-state index contributed by atoms with van der Waals surface area (Å²) in [5, 5.41) is 6.09. The Morgan fingerprint density at radius 1 is 1.23 bits per heavy atom. The Kier molecular flexibility index (Phi) is 5.47. The number of rotatable bonds is 6. The molecule has 0 spiro atoms. The number of nitrogens with zero attached hydrogens (tertiary/aromatic N) is 2. The number of para-hydroxylation sites is 1. The van der Waals surface area contributed by atoms with Gasteiger partial charge in [-0.25, -0.2) is 9.97 Å². The SMILES string of the molecule is CCc1ccccc1Nc1nccc(C(=O)NC(C)CC)n1. The minimum absolute atomic E-state index is 0.125. The van der Waals surface area contributed by atoms with Crippen LogP contribution in [-0.2, 0) is 6.42 Å². The van der Waals surface area contributed by atoms with Crippen molar-refractivity contribution in [1.29, 1.82) is 0 Å². The van der Waals surface area contributed by atoms with Crippen molar-refractivity contribution in [3.05, 3.63) is 47.8 Å². The van der Waals surface area contributed by atoms with E-state index in [4.69, 9.17) is 0 Å². The number of nitrogens with one attached hydrogen (secondary N) is 2. The van der Waals surface area contributed by atoms with E-state index in [0.717, 1.165) is 18.5 Å². The van der Waals surface area contributed by atoms with Gasteiger partial charge in [-0.1, -0.05) is 32.0 Å². The van der Waals surface area contributed by atoms with Crippen LogP contribution in [0.4, 0.5) is 11.6 Å². The van der Waals surface area contributed by atoms with Gasteiger partial charge < -0.3 is 10.6 Å². The van der Waals surface area contributed by atoms with E-state index in [-0.39, 0.29) is 11.9 Å². The fraction of sp³-hybridized carbons (Fsp3) is 0.353. The van der Waals surface area contributed by atoms with E-state index >= 15 is 0 Å². The number of amides is 1. The summed E-state index contributed by atoms with van der Waals surface area (Å²) in [7, 11) is 0. The maximum absolute atomic E-state index is 12.1. The molecule has 0 saturated heterocycles. The first-order valence-electron chi connectivity index (χ1n) is 7.62. The van der Waals surface area contributed by atoms with Gasteiger partial charge in [0.25, 0.3) is 5.91 Å². The zero-order valence-electron chi connectivity index (χ0n) is 13.3. The van der Waals surface area contributed by atoms with Crippen molar-refractivity contribution >= 4 is 17.5 Å². The van der Waals surface area contributed by atoms with E-state index in [1.165, 1.54) is 5.56 Å². The standard InChI is InChI=1S/C17H22N4O/c1-4-12(3)19-16(22)15-10-11-18-17(21-15)20-14-9-7-6-8-13(14)5-2/h6-12H,4-5H2,1-3H3,(H,19,22)(H,18,20,21). The summed E-state index contributed by atoms with van der Waals surface area (Å²) < 4.78 is 0. The lowest BCUT2D eigenvalue weighted by atomic mass is 10.1. The summed E-state index contributed by atoms with van der Waals surface area (Å²) in [5.74, 6) is 0.251. The van der Waals surface area contributed by atoms with Crippen LogP contribution in [0.3, 0.4) is 0 Å². The van der Waals surface area contributed by atoms with Crippen LogP contribution in [-0.4, -0.2) is 21.9 Å². The third kappa shape index (κ3) is 4.04. The first kappa shape index (κ1) is 15.9. The van der Waals surface area contributed by atoms with E-state index in [0.29, 0.717) is 11.6 Å². The highest BCUT2D eigenvalue weighted by Gasteiger charge is 2.11. The highest BCUT2D eigenvalue weighted by atomic mass is 16.1. The molecule has 22 heavy (non-hydrogen) atoms. The van der Waals surface area contributed by atoms with Crippen molar-refractivity contribution in [3.8, 4) is 0 Å². The lowest BCUT2D eigenvalue weighted by molar-refractivity contribution is 0.0934. The second-order valence-electron chi connectivity index (χ2n) is 5.18. The topological polar surface area (TPSA) is 66.9 Å². The van der Waals surface area contributed by atoms with Gasteiger partial charge in [0.2, 0.25) is 5.95 Å². The number of hydrogen-bond acceptors (Lipinski definition) is 4. The average molecular weight is 298 g/mol. The first-order valence-corrected chi connectivity index (χ1v) is 7.62. The van der Waals surface area contributed by atoms with Crippen molar-refractivity contribution in [1.82, 2.24) is 15.3 Å². The molecule has 1 heterocycles. The third-order valence-corrected chi connectivity index (χ3v) is 3.52. The fourth-order valence-corrected chi connectivity index (χ4v) is 2.02. The zero-order chi connectivity index (χ0) is 15.9. The lowest BCUT2D eigenvalue weighted by Gasteiger charge is -2.12. The molecule has 2 N–H and O–H groups in total. The van der Waals surface area contributed by atoms with Gasteiger partial charge in [-0.2, -0.15) is 0 Å². The van der Waals surface area contributed by atoms with Gasteiger partial charge >= 0.3 is 0 Å². The van der Waals surface area contributed by atoms with Crippen molar-refractivity contribution in [3.63, 3.8) is 0 Å². The number of hydrogen-bond donors (Lipinski definition) is 2. The highest BCUT2D eigenvalue weighted by Crippen LogP contribution is 2.18. The van der Waals surface area contributed by atoms with Crippen LogP contribution in [0.1, 0.15) is 43.2 Å². The molecule has 1 aromatic heterocycles. The van der Waals surface area contributed by atoms with Crippen molar-refractivity contribution < 1.29 is 4.79 Å². The molecular weight excluding hydrogens is 276 g/mol. The largest absolute Gasteiger partial charge is 0.348 e. The molecule has 0 radical (unpaired) electrons. The normalized spacial score (nSPS) is 11.8. The molecule has 1 aromatic carbocycles. The van der Waals surface area contributed by atoms with Gasteiger partial charge in [0.05, 0.1) is 0 Å². The van der Waals surface area contributed by atoms with E-state index in [2.05, 4.69) is 33.6 Å². The van der Waals surface area contributed by atoms with Gasteiger partial charge in [0, 0.05) is 17.9 Å². The van der Waals surface area contributed by atoms with Gasteiger partial charge in [0.15, 0.2) is 0 Å². The Labute approximate surface area is 131 Å². The molecule has 0 fully saturated rings. The maximum atomic E-state index is 12.1. The molecule has 116 valence electrons. The maximum Gasteiger partial charge on any atom is 0.270 e. The molecule has 0 aliphatic carbocycles. The molecule has 2 aromatic rings. The average Bonchev–Trinajstić information content (AvgIpc) is 2.55. The molecule has 2 rings (SSSR count). The Morgan fingerprint density at radius 3 is 2.73 bits per heavy atom. The van der Waals surface area contributed by atoms with Crippen LogP contribution in [0.2, 0.25) is 0 Å². The number of benzene rings is 1. The number of carbonyl (C=O) groups excluding carboxylic acids is 1. The molecule has 1 atom stereocenters. The van der Waals surface area contributed by atoms with Gasteiger partial charge in [-0.3, -0.25) is 4.79 Å². The highest BCUT2D eigenvalue weighted by molar-refractivity contribution is 5.92. The molecule has 0 aliphatic rings. The minimum atomic E-state index is -0.177. The molecule has 5 heteroatoms. The molecule has 0 bridgehead atoms. The summed E-state index contributed by atoms with van der Waals surface area (Å²) >= 11 is 0. The van der Waals surface area contributed by atoms with E-state index < -0.39 is 0 Å².